The number of nitrogens with one attached hydrogen (secondary N) is 2. The molecule has 4 aromatic rings. The molecule has 0 saturated heterocycles. The molecule has 0 spiro atoms. The van der Waals surface area contributed by atoms with Gasteiger partial charge < -0.3 is 9.67 Å². The number of aliphatic carboxylic acids is 1. The summed E-state index contributed by atoms with van der Waals surface area (Å²) in [6.07, 6.45) is 2.33. The van der Waals surface area contributed by atoms with Crippen LogP contribution in [0.15, 0.2) is 69.1 Å². The maximum atomic E-state index is 13.0. The molecule has 3 N–H and O–H groups in total. The number of aromatic amines is 1. The van der Waals surface area contributed by atoms with E-state index in [1.54, 1.807) is 54.1 Å². The van der Waals surface area contributed by atoms with E-state index in [1.807, 2.05) is 13.8 Å². The second-order valence-electron chi connectivity index (χ2n) is 9.44. The van der Waals surface area contributed by atoms with Crippen molar-refractivity contribution in [1.82, 2.24) is 23.8 Å². The number of imidazole rings is 1. The molecular weight excluding hydrogens is 522 g/mol. The Kier molecular flexibility index (Phi) is 8.17. The van der Waals surface area contributed by atoms with Gasteiger partial charge in [-0.15, -0.1) is 0 Å². The van der Waals surface area contributed by atoms with E-state index in [-0.39, 0.29) is 22.5 Å². The number of sulfonamides is 1. The molecule has 206 valence electrons. The standard InChI is InChI=1S/C27H31N5O6S/c1-4-5-11-22-28-24-23(25(33)29-27(36)31(24)3)32(22)17(2)19-12-14-20(15-13-19)39(37,38)30-21(26(34)35)16-18-9-7-6-8-10-18/h6-10,12-15,17,21,30H,4-5,11,16H2,1-3H3,(H,34,35)(H,29,33,36)/t17?,21-/m0/s1. The predicted molar refractivity (Wildman–Crippen MR) is 146 cm³/mol. The van der Waals surface area contributed by atoms with Crippen LogP contribution in [-0.4, -0.2) is 44.6 Å². The highest BCUT2D eigenvalue weighted by molar-refractivity contribution is 7.89. The molecule has 0 aliphatic rings. The van der Waals surface area contributed by atoms with E-state index >= 15 is 0 Å². The SMILES string of the molecule is CCCCc1nc2c(c(=O)[nH]c(=O)n2C)n1C(C)c1ccc(S(=O)(=O)N[C@@H](Cc2ccccc2)C(=O)O)cc1. The second kappa shape index (κ2) is 11.4. The van der Waals surface area contributed by atoms with Crippen LogP contribution in [0.5, 0.6) is 0 Å². The van der Waals surface area contributed by atoms with Crippen molar-refractivity contribution < 1.29 is 18.3 Å². The van der Waals surface area contributed by atoms with Crippen LogP contribution in [-0.2, 0) is 34.7 Å². The third-order valence-corrected chi connectivity index (χ3v) is 8.20. The summed E-state index contributed by atoms with van der Waals surface area (Å²) < 4.78 is 31.5. The fourth-order valence-electron chi connectivity index (χ4n) is 4.53. The number of carboxylic acid groups (broad SMARTS) is 1. The number of fused-ring (bicyclic) bond motifs is 1. The maximum absolute atomic E-state index is 13.0. The zero-order valence-electron chi connectivity index (χ0n) is 21.9. The van der Waals surface area contributed by atoms with Crippen molar-refractivity contribution in [2.45, 2.75) is 56.5 Å². The van der Waals surface area contributed by atoms with Crippen molar-refractivity contribution in [2.24, 2.45) is 7.05 Å². The van der Waals surface area contributed by atoms with Crippen LogP contribution in [0.1, 0.15) is 49.7 Å². The molecule has 2 aromatic heterocycles. The Morgan fingerprint density at radius 3 is 2.38 bits per heavy atom. The lowest BCUT2D eigenvalue weighted by atomic mass is 10.1. The Morgan fingerprint density at radius 1 is 1.10 bits per heavy atom. The first-order chi connectivity index (χ1) is 18.5. The van der Waals surface area contributed by atoms with Gasteiger partial charge in [-0.2, -0.15) is 4.72 Å². The molecule has 2 aromatic carbocycles. The summed E-state index contributed by atoms with van der Waals surface area (Å²) in [5.41, 5.74) is 0.842. The lowest BCUT2D eigenvalue weighted by Gasteiger charge is -2.19. The van der Waals surface area contributed by atoms with Crippen LogP contribution in [0.4, 0.5) is 0 Å². The normalized spacial score (nSPS) is 13.4. The van der Waals surface area contributed by atoms with Crippen molar-refractivity contribution >= 4 is 27.2 Å². The van der Waals surface area contributed by atoms with Gasteiger partial charge in [-0.25, -0.2) is 18.2 Å². The van der Waals surface area contributed by atoms with Crippen LogP contribution in [0.3, 0.4) is 0 Å². The maximum Gasteiger partial charge on any atom is 0.329 e. The highest BCUT2D eigenvalue weighted by atomic mass is 32.2. The lowest BCUT2D eigenvalue weighted by molar-refractivity contribution is -0.138. The minimum Gasteiger partial charge on any atom is -0.480 e. The molecule has 2 atom stereocenters. The molecule has 0 bridgehead atoms. The average molecular weight is 554 g/mol. The minimum atomic E-state index is -4.14. The van der Waals surface area contributed by atoms with Gasteiger partial charge in [-0.05, 0) is 43.0 Å². The summed E-state index contributed by atoms with van der Waals surface area (Å²) in [5.74, 6) is -0.631. The van der Waals surface area contributed by atoms with Gasteiger partial charge in [0, 0.05) is 13.5 Å². The van der Waals surface area contributed by atoms with Gasteiger partial charge >= 0.3 is 11.7 Å². The zero-order chi connectivity index (χ0) is 28.3. The molecule has 11 nitrogen and oxygen atoms in total. The van der Waals surface area contributed by atoms with Gasteiger partial charge in [-0.3, -0.25) is 19.1 Å². The average Bonchev–Trinajstić information content (AvgIpc) is 3.30. The van der Waals surface area contributed by atoms with Crippen LogP contribution in [0.25, 0.3) is 11.2 Å². The molecule has 4 rings (SSSR count). The first-order valence-corrected chi connectivity index (χ1v) is 14.1. The second-order valence-corrected chi connectivity index (χ2v) is 11.2. The van der Waals surface area contributed by atoms with E-state index in [2.05, 4.69) is 14.7 Å². The zero-order valence-corrected chi connectivity index (χ0v) is 22.7. The summed E-state index contributed by atoms with van der Waals surface area (Å²) in [6, 6.07) is 13.1. The van der Waals surface area contributed by atoms with Crippen LogP contribution in [0.2, 0.25) is 0 Å². The fraction of sp³-hybridized carbons (Fsp3) is 0.333. The van der Waals surface area contributed by atoms with Gasteiger partial charge in [0.05, 0.1) is 10.9 Å². The number of carboxylic acids is 1. The predicted octanol–water partition coefficient (Wildman–Crippen LogP) is 2.35. The first-order valence-electron chi connectivity index (χ1n) is 12.6. The molecule has 0 fully saturated rings. The number of aryl methyl sites for hydroxylation is 2. The van der Waals surface area contributed by atoms with Crippen molar-refractivity contribution in [3.8, 4) is 0 Å². The number of hydrogen-bond donors (Lipinski definition) is 3. The number of carbonyl (C=O) groups is 1. The van der Waals surface area contributed by atoms with Crippen molar-refractivity contribution in [1.29, 1.82) is 0 Å². The molecule has 0 aliphatic carbocycles. The minimum absolute atomic E-state index is 0.00416. The third kappa shape index (κ3) is 5.86. The molecule has 0 saturated carbocycles. The highest BCUT2D eigenvalue weighted by Crippen LogP contribution is 2.26. The summed E-state index contributed by atoms with van der Waals surface area (Å²) >= 11 is 0. The van der Waals surface area contributed by atoms with E-state index in [4.69, 9.17) is 0 Å². The topological polar surface area (TPSA) is 156 Å². The number of rotatable bonds is 11. The Morgan fingerprint density at radius 2 is 1.77 bits per heavy atom. The van der Waals surface area contributed by atoms with Crippen LogP contribution < -0.4 is 16.0 Å². The van der Waals surface area contributed by atoms with Crippen molar-refractivity contribution in [3.05, 3.63) is 92.4 Å². The lowest BCUT2D eigenvalue weighted by Crippen LogP contribution is -2.42. The molecule has 2 heterocycles. The van der Waals surface area contributed by atoms with E-state index in [0.717, 1.165) is 12.8 Å². The number of benzene rings is 2. The van der Waals surface area contributed by atoms with E-state index < -0.39 is 39.3 Å². The Labute approximate surface area is 225 Å². The van der Waals surface area contributed by atoms with E-state index in [0.29, 0.717) is 23.4 Å². The number of aromatic nitrogens is 4. The molecule has 0 radical (unpaired) electrons. The van der Waals surface area contributed by atoms with Gasteiger partial charge in [-0.1, -0.05) is 55.8 Å². The van der Waals surface area contributed by atoms with Crippen LogP contribution >= 0.6 is 0 Å². The number of H-pyrrole nitrogens is 1. The number of hydrogen-bond acceptors (Lipinski definition) is 6. The van der Waals surface area contributed by atoms with Gasteiger partial charge in [0.25, 0.3) is 5.56 Å². The summed E-state index contributed by atoms with van der Waals surface area (Å²) in [6.45, 7) is 3.91. The van der Waals surface area contributed by atoms with Crippen molar-refractivity contribution in [2.75, 3.05) is 0 Å². The number of nitrogens with zero attached hydrogens (tertiary/aromatic N) is 3. The van der Waals surface area contributed by atoms with Crippen LogP contribution in [0, 0.1) is 0 Å². The monoisotopic (exact) mass is 553 g/mol. The van der Waals surface area contributed by atoms with Gasteiger partial charge in [0.1, 0.15) is 11.9 Å². The summed E-state index contributed by atoms with van der Waals surface area (Å²) in [7, 11) is -2.59. The van der Waals surface area contributed by atoms with E-state index in [1.165, 1.54) is 16.7 Å². The van der Waals surface area contributed by atoms with Crippen molar-refractivity contribution in [3.63, 3.8) is 0 Å². The Hall–Kier alpha value is -4.03. The molecule has 0 amide bonds. The number of unbranched alkanes of at least 4 members (excludes halogenated alkanes) is 1. The third-order valence-electron chi connectivity index (χ3n) is 6.72. The van der Waals surface area contributed by atoms with E-state index in [9.17, 15) is 27.9 Å². The summed E-state index contributed by atoms with van der Waals surface area (Å²) in [5, 5.41) is 9.62. The molecule has 1 unspecified atom stereocenters. The van der Waals surface area contributed by atoms with Gasteiger partial charge in [0.2, 0.25) is 10.0 Å². The molecule has 39 heavy (non-hydrogen) atoms. The molecular formula is C27H31N5O6S. The largest absolute Gasteiger partial charge is 0.480 e. The Bertz CT molecular complexity index is 1710. The smallest absolute Gasteiger partial charge is 0.329 e. The molecule has 12 heteroatoms. The summed E-state index contributed by atoms with van der Waals surface area (Å²) in [4.78, 5) is 43.6. The first kappa shape index (κ1) is 28.0. The molecule has 0 aliphatic heterocycles. The van der Waals surface area contributed by atoms with Gasteiger partial charge in [0.15, 0.2) is 11.2 Å². The quantitative estimate of drug-likeness (QED) is 0.257. The fourth-order valence-corrected chi connectivity index (χ4v) is 5.72. The Balaban J connectivity index is 1.66. The highest BCUT2D eigenvalue weighted by Gasteiger charge is 2.27.